The number of benzene rings is 1. The van der Waals surface area contributed by atoms with Crippen molar-refractivity contribution in [3.05, 3.63) is 66.8 Å². The second kappa shape index (κ2) is 50.9. The number of unbranched alkanes of at least 4 members (excludes halogenated alkanes) is 36. The fraction of sp³-hybridized carbons (Fsp3) is 0.800. The summed E-state index contributed by atoms with van der Waals surface area (Å²) in [6.07, 6.45) is 69.8. The third-order valence-corrected chi connectivity index (χ3v) is 15.8. The van der Waals surface area contributed by atoms with E-state index in [0.717, 1.165) is 44.3 Å². The SMILES string of the molecule is CCCCCCCC/C=C\CCCCCCCCO[Si](OCCCCCCCC/C=C\CCCCCCCC)(OCCCCCCCC/C=C\CCCCCCCC)c1ccccc1. The molecule has 0 atom stereocenters. The molecule has 0 saturated heterocycles. The number of allylic oxidation sites excluding steroid dienone is 6. The van der Waals surface area contributed by atoms with E-state index in [1.165, 1.54) is 250 Å². The highest BCUT2D eigenvalue weighted by Gasteiger charge is 2.43. The van der Waals surface area contributed by atoms with Crippen LogP contribution in [0.25, 0.3) is 0 Å². The Balaban J connectivity index is 2.46. The first kappa shape index (κ1) is 60.6. The fourth-order valence-electron chi connectivity index (χ4n) is 8.69. The van der Waals surface area contributed by atoms with Crippen LogP contribution in [-0.2, 0) is 13.3 Å². The molecule has 0 amide bonds. The zero-order valence-electron chi connectivity index (χ0n) is 43.4. The molecule has 64 heavy (non-hydrogen) atoms. The average Bonchev–Trinajstić information content (AvgIpc) is 3.32. The van der Waals surface area contributed by atoms with Crippen molar-refractivity contribution in [2.75, 3.05) is 19.8 Å². The van der Waals surface area contributed by atoms with E-state index in [-0.39, 0.29) is 0 Å². The Morgan fingerprint density at radius 2 is 0.500 bits per heavy atom. The quantitative estimate of drug-likeness (QED) is 0.0370. The summed E-state index contributed by atoms with van der Waals surface area (Å²) in [5, 5.41) is 1.13. The lowest BCUT2D eigenvalue weighted by atomic mass is 10.1. The van der Waals surface area contributed by atoms with Crippen molar-refractivity contribution >= 4 is 14.0 Å². The molecule has 0 aliphatic rings. The molecule has 0 unspecified atom stereocenters. The number of hydrogen-bond acceptors (Lipinski definition) is 3. The highest BCUT2D eigenvalue weighted by molar-refractivity contribution is 6.75. The lowest BCUT2D eigenvalue weighted by Crippen LogP contribution is -2.57. The smallest absolute Gasteiger partial charge is 0.370 e. The lowest BCUT2D eigenvalue weighted by Gasteiger charge is -2.30. The number of hydrogen-bond donors (Lipinski definition) is 0. The Bertz CT molecular complexity index is 1010. The van der Waals surface area contributed by atoms with Crippen molar-refractivity contribution in [2.45, 2.75) is 290 Å². The van der Waals surface area contributed by atoms with E-state index < -0.39 is 8.80 Å². The molecule has 0 fully saturated rings. The summed E-state index contributed by atoms with van der Waals surface area (Å²) in [5.74, 6) is 0. The van der Waals surface area contributed by atoms with Crippen LogP contribution in [-0.4, -0.2) is 28.6 Å². The van der Waals surface area contributed by atoms with Crippen LogP contribution in [0.5, 0.6) is 0 Å². The summed E-state index contributed by atoms with van der Waals surface area (Å²) in [6, 6.07) is 10.7. The van der Waals surface area contributed by atoms with Gasteiger partial charge in [-0.3, -0.25) is 0 Å². The summed E-state index contributed by atoms with van der Waals surface area (Å²) >= 11 is 0. The summed E-state index contributed by atoms with van der Waals surface area (Å²) < 4.78 is 20.6. The Morgan fingerprint density at radius 1 is 0.281 bits per heavy atom. The highest BCUT2D eigenvalue weighted by atomic mass is 28.4. The largest absolute Gasteiger partial charge is 0.537 e. The fourth-order valence-corrected chi connectivity index (χ4v) is 11.3. The zero-order chi connectivity index (χ0) is 45.8. The van der Waals surface area contributed by atoms with E-state index >= 15 is 0 Å². The maximum Gasteiger partial charge on any atom is 0.537 e. The van der Waals surface area contributed by atoms with Crippen LogP contribution < -0.4 is 5.19 Å². The van der Waals surface area contributed by atoms with E-state index in [4.69, 9.17) is 13.3 Å². The van der Waals surface area contributed by atoms with Crippen molar-refractivity contribution in [1.29, 1.82) is 0 Å². The molecule has 3 nitrogen and oxygen atoms in total. The second-order valence-electron chi connectivity index (χ2n) is 19.3. The van der Waals surface area contributed by atoms with Crippen molar-refractivity contribution in [2.24, 2.45) is 0 Å². The molecule has 0 bridgehead atoms. The summed E-state index contributed by atoms with van der Waals surface area (Å²) in [4.78, 5) is 0. The molecule has 4 heteroatoms. The van der Waals surface area contributed by atoms with Gasteiger partial charge in [-0.15, -0.1) is 0 Å². The standard InChI is InChI=1S/C60H110O3Si/c1-4-7-10-13-16-19-22-25-28-31-34-37-40-43-46-52-57-61-64(60-55-50-49-51-56-60,62-58-53-47-44-41-38-35-32-29-26-23-20-17-14-11-8-5-2)63-59-54-48-45-42-39-36-33-30-27-24-21-18-15-12-9-6-3/h25-30,49-51,55-56H,4-24,31-48,52-54,57-59H2,1-3H3/b28-25-,29-26-,30-27-. The average molecular weight is 908 g/mol. The van der Waals surface area contributed by atoms with Gasteiger partial charge in [-0.2, -0.15) is 0 Å². The van der Waals surface area contributed by atoms with E-state index in [2.05, 4.69) is 87.6 Å². The monoisotopic (exact) mass is 907 g/mol. The molecule has 1 rings (SSSR count). The summed E-state index contributed by atoms with van der Waals surface area (Å²) in [6.45, 7) is 9.06. The minimum Gasteiger partial charge on any atom is -0.370 e. The molecule has 0 aliphatic carbocycles. The van der Waals surface area contributed by atoms with Crippen molar-refractivity contribution in [3.63, 3.8) is 0 Å². The van der Waals surface area contributed by atoms with E-state index in [0.29, 0.717) is 0 Å². The minimum atomic E-state index is -3.02. The third kappa shape index (κ3) is 40.8. The van der Waals surface area contributed by atoms with Crippen molar-refractivity contribution in [3.8, 4) is 0 Å². The van der Waals surface area contributed by atoms with Crippen LogP contribution in [0.4, 0.5) is 0 Å². The van der Waals surface area contributed by atoms with E-state index in [9.17, 15) is 0 Å². The van der Waals surface area contributed by atoms with Crippen LogP contribution >= 0.6 is 0 Å². The summed E-state index contributed by atoms with van der Waals surface area (Å²) in [5.41, 5.74) is 0. The molecule has 372 valence electrons. The van der Waals surface area contributed by atoms with Gasteiger partial charge in [0.1, 0.15) is 0 Å². The first-order valence-corrected chi connectivity index (χ1v) is 30.4. The van der Waals surface area contributed by atoms with Gasteiger partial charge in [0.2, 0.25) is 0 Å². The van der Waals surface area contributed by atoms with E-state index in [1.807, 2.05) is 0 Å². The molecule has 0 N–H and O–H groups in total. The van der Waals surface area contributed by atoms with Gasteiger partial charge in [-0.1, -0.05) is 261 Å². The minimum absolute atomic E-state index is 0.725. The molecule has 1 aromatic rings. The Morgan fingerprint density at radius 3 is 0.750 bits per heavy atom. The van der Waals surface area contributed by atoms with Gasteiger partial charge in [0.15, 0.2) is 0 Å². The summed E-state index contributed by atoms with van der Waals surface area (Å²) in [7, 11) is -3.02. The van der Waals surface area contributed by atoms with Gasteiger partial charge >= 0.3 is 8.80 Å². The van der Waals surface area contributed by atoms with Crippen molar-refractivity contribution < 1.29 is 13.3 Å². The van der Waals surface area contributed by atoms with Crippen molar-refractivity contribution in [1.82, 2.24) is 0 Å². The van der Waals surface area contributed by atoms with Gasteiger partial charge in [0, 0.05) is 25.0 Å². The molecule has 0 radical (unpaired) electrons. The molecule has 0 aromatic heterocycles. The predicted octanol–water partition coefficient (Wildman–Crippen LogP) is 20.0. The van der Waals surface area contributed by atoms with Gasteiger partial charge in [0.05, 0.1) is 0 Å². The van der Waals surface area contributed by atoms with Crippen LogP contribution in [0.15, 0.2) is 66.8 Å². The zero-order valence-corrected chi connectivity index (χ0v) is 44.4. The Kier molecular flexibility index (Phi) is 48.2. The Hall–Kier alpha value is -1.46. The predicted molar refractivity (Wildman–Crippen MR) is 288 cm³/mol. The molecular formula is C60H110O3Si. The van der Waals surface area contributed by atoms with Gasteiger partial charge < -0.3 is 13.3 Å². The first-order valence-electron chi connectivity index (χ1n) is 28.7. The Labute approximate surface area is 402 Å². The topological polar surface area (TPSA) is 27.7 Å². The molecule has 0 heterocycles. The lowest BCUT2D eigenvalue weighted by molar-refractivity contribution is 0.0688. The van der Waals surface area contributed by atoms with Gasteiger partial charge in [-0.25, -0.2) is 0 Å². The normalized spacial score (nSPS) is 12.3. The van der Waals surface area contributed by atoms with E-state index in [1.54, 1.807) is 0 Å². The van der Waals surface area contributed by atoms with Crippen LogP contribution in [0.1, 0.15) is 290 Å². The van der Waals surface area contributed by atoms with Gasteiger partial charge in [-0.05, 0) is 96.3 Å². The maximum absolute atomic E-state index is 6.87. The third-order valence-electron chi connectivity index (χ3n) is 13.0. The first-order chi connectivity index (χ1) is 31.8. The second-order valence-corrected chi connectivity index (χ2v) is 21.8. The molecule has 0 saturated carbocycles. The van der Waals surface area contributed by atoms with Crippen LogP contribution in [0.3, 0.4) is 0 Å². The highest BCUT2D eigenvalue weighted by Crippen LogP contribution is 2.18. The van der Waals surface area contributed by atoms with Crippen LogP contribution in [0.2, 0.25) is 0 Å². The molecule has 0 aliphatic heterocycles. The molecular weight excluding hydrogens is 797 g/mol. The molecule has 1 aromatic carbocycles. The van der Waals surface area contributed by atoms with Crippen LogP contribution in [0, 0.1) is 0 Å². The van der Waals surface area contributed by atoms with Gasteiger partial charge in [0.25, 0.3) is 0 Å². The molecule has 0 spiro atoms. The number of rotatable bonds is 52. The maximum atomic E-state index is 6.87.